The fraction of sp³-hybridized carbons (Fsp3) is 0.769. The standard InChI is InChI=1S/C13H23N3O/c1-16-10-11(9-15-16)7-8-17-13-6-4-2-3-5-12(13)14/h9-10,12-13H,2-8,14H2,1H3. The first-order valence-corrected chi connectivity index (χ1v) is 6.60. The Morgan fingerprint density at radius 3 is 3.00 bits per heavy atom. The van der Waals surface area contributed by atoms with Crippen LogP contribution in [-0.2, 0) is 18.2 Å². The third-order valence-electron chi connectivity index (χ3n) is 3.48. The van der Waals surface area contributed by atoms with Crippen LogP contribution in [0.2, 0.25) is 0 Å². The van der Waals surface area contributed by atoms with Gasteiger partial charge in [0.15, 0.2) is 0 Å². The number of ether oxygens (including phenoxy) is 1. The maximum atomic E-state index is 6.12. The van der Waals surface area contributed by atoms with Crippen LogP contribution < -0.4 is 5.73 Å². The van der Waals surface area contributed by atoms with E-state index in [1.165, 1.54) is 24.8 Å². The molecule has 1 aliphatic carbocycles. The molecule has 96 valence electrons. The molecule has 2 atom stereocenters. The number of aromatic nitrogens is 2. The van der Waals surface area contributed by atoms with Crippen molar-refractivity contribution in [3.8, 4) is 0 Å². The first-order chi connectivity index (χ1) is 8.25. The second kappa shape index (κ2) is 6.17. The maximum absolute atomic E-state index is 6.12. The number of rotatable bonds is 4. The van der Waals surface area contributed by atoms with Gasteiger partial charge in [0.05, 0.1) is 18.9 Å². The summed E-state index contributed by atoms with van der Waals surface area (Å²) in [5, 5.41) is 4.15. The molecule has 1 saturated carbocycles. The van der Waals surface area contributed by atoms with Crippen LogP contribution in [0.15, 0.2) is 12.4 Å². The predicted octanol–water partition coefficient (Wildman–Crippen LogP) is 1.64. The molecule has 1 fully saturated rings. The van der Waals surface area contributed by atoms with E-state index in [0.717, 1.165) is 25.9 Å². The van der Waals surface area contributed by atoms with Crippen LogP contribution in [0.25, 0.3) is 0 Å². The molecule has 0 aromatic carbocycles. The highest BCUT2D eigenvalue weighted by molar-refractivity contribution is 5.03. The average Bonchev–Trinajstić information content (AvgIpc) is 2.61. The van der Waals surface area contributed by atoms with Crippen molar-refractivity contribution >= 4 is 0 Å². The van der Waals surface area contributed by atoms with Crippen LogP contribution in [-0.4, -0.2) is 28.5 Å². The van der Waals surface area contributed by atoms with Gasteiger partial charge in [-0.15, -0.1) is 0 Å². The molecule has 4 nitrogen and oxygen atoms in total. The molecule has 0 saturated heterocycles. The van der Waals surface area contributed by atoms with Crippen molar-refractivity contribution in [3.05, 3.63) is 18.0 Å². The second-order valence-corrected chi connectivity index (χ2v) is 4.98. The molecular formula is C13H23N3O. The van der Waals surface area contributed by atoms with Gasteiger partial charge in [-0.2, -0.15) is 5.10 Å². The number of hydrogen-bond donors (Lipinski definition) is 1. The van der Waals surface area contributed by atoms with E-state index in [9.17, 15) is 0 Å². The normalized spacial score (nSPS) is 25.8. The van der Waals surface area contributed by atoms with E-state index in [1.807, 2.05) is 24.1 Å². The minimum atomic E-state index is 0.228. The summed E-state index contributed by atoms with van der Waals surface area (Å²) in [6.45, 7) is 0.754. The lowest BCUT2D eigenvalue weighted by Gasteiger charge is -2.21. The maximum Gasteiger partial charge on any atom is 0.0726 e. The molecule has 1 aliphatic rings. The Kier molecular flexibility index (Phi) is 4.57. The van der Waals surface area contributed by atoms with E-state index < -0.39 is 0 Å². The number of nitrogens with zero attached hydrogens (tertiary/aromatic N) is 2. The fourth-order valence-electron chi connectivity index (χ4n) is 2.44. The molecule has 1 heterocycles. The Bertz CT molecular complexity index is 337. The van der Waals surface area contributed by atoms with Crippen molar-refractivity contribution in [3.63, 3.8) is 0 Å². The van der Waals surface area contributed by atoms with Crippen molar-refractivity contribution in [2.45, 2.75) is 50.7 Å². The van der Waals surface area contributed by atoms with Crippen molar-refractivity contribution in [2.24, 2.45) is 12.8 Å². The minimum Gasteiger partial charge on any atom is -0.376 e. The molecule has 4 heteroatoms. The summed E-state index contributed by atoms with van der Waals surface area (Å²) >= 11 is 0. The van der Waals surface area contributed by atoms with Crippen LogP contribution in [0.1, 0.15) is 37.7 Å². The van der Waals surface area contributed by atoms with Crippen molar-refractivity contribution in [1.29, 1.82) is 0 Å². The van der Waals surface area contributed by atoms with Gasteiger partial charge in [0.25, 0.3) is 0 Å². The van der Waals surface area contributed by atoms with Crippen LogP contribution in [0.3, 0.4) is 0 Å². The van der Waals surface area contributed by atoms with Crippen molar-refractivity contribution in [2.75, 3.05) is 6.61 Å². The molecule has 0 spiro atoms. The second-order valence-electron chi connectivity index (χ2n) is 4.98. The third-order valence-corrected chi connectivity index (χ3v) is 3.48. The summed E-state index contributed by atoms with van der Waals surface area (Å²) in [6, 6.07) is 0.228. The average molecular weight is 237 g/mol. The first-order valence-electron chi connectivity index (χ1n) is 6.60. The Labute approximate surface area is 103 Å². The van der Waals surface area contributed by atoms with Gasteiger partial charge >= 0.3 is 0 Å². The van der Waals surface area contributed by atoms with Gasteiger partial charge < -0.3 is 10.5 Å². The molecule has 17 heavy (non-hydrogen) atoms. The highest BCUT2D eigenvalue weighted by Gasteiger charge is 2.20. The smallest absolute Gasteiger partial charge is 0.0726 e. The van der Waals surface area contributed by atoms with E-state index in [4.69, 9.17) is 10.5 Å². The summed E-state index contributed by atoms with van der Waals surface area (Å²) in [5.41, 5.74) is 7.35. The third kappa shape index (κ3) is 3.82. The Balaban J connectivity index is 1.73. The van der Waals surface area contributed by atoms with Crippen LogP contribution in [0, 0.1) is 0 Å². The van der Waals surface area contributed by atoms with Gasteiger partial charge in [-0.1, -0.05) is 19.3 Å². The van der Waals surface area contributed by atoms with Crippen molar-refractivity contribution < 1.29 is 4.74 Å². The Hall–Kier alpha value is -0.870. The van der Waals surface area contributed by atoms with Gasteiger partial charge in [-0.3, -0.25) is 4.68 Å². The van der Waals surface area contributed by atoms with Crippen LogP contribution in [0.4, 0.5) is 0 Å². The van der Waals surface area contributed by atoms with E-state index in [-0.39, 0.29) is 12.1 Å². The zero-order valence-electron chi connectivity index (χ0n) is 10.6. The molecule has 0 aliphatic heterocycles. The molecule has 1 aromatic heterocycles. The fourth-order valence-corrected chi connectivity index (χ4v) is 2.44. The molecule has 0 bridgehead atoms. The van der Waals surface area contributed by atoms with E-state index >= 15 is 0 Å². The molecule has 2 N–H and O–H groups in total. The van der Waals surface area contributed by atoms with Crippen LogP contribution >= 0.6 is 0 Å². The van der Waals surface area contributed by atoms with E-state index in [2.05, 4.69) is 5.10 Å². The van der Waals surface area contributed by atoms with Gasteiger partial charge in [-0.25, -0.2) is 0 Å². The monoisotopic (exact) mass is 237 g/mol. The van der Waals surface area contributed by atoms with Gasteiger partial charge in [0, 0.05) is 19.3 Å². The Morgan fingerprint density at radius 2 is 2.24 bits per heavy atom. The summed E-state index contributed by atoms with van der Waals surface area (Å²) in [7, 11) is 1.94. The minimum absolute atomic E-state index is 0.228. The lowest BCUT2D eigenvalue weighted by Crippen LogP contribution is -2.36. The zero-order valence-corrected chi connectivity index (χ0v) is 10.6. The first kappa shape index (κ1) is 12.6. The largest absolute Gasteiger partial charge is 0.376 e. The van der Waals surface area contributed by atoms with E-state index in [1.54, 1.807) is 0 Å². The lowest BCUT2D eigenvalue weighted by atomic mass is 10.1. The highest BCUT2D eigenvalue weighted by atomic mass is 16.5. The SMILES string of the molecule is Cn1cc(CCOC2CCCCCC2N)cn1. The number of nitrogens with two attached hydrogens (primary N) is 1. The lowest BCUT2D eigenvalue weighted by molar-refractivity contribution is 0.0332. The van der Waals surface area contributed by atoms with Crippen molar-refractivity contribution in [1.82, 2.24) is 9.78 Å². The van der Waals surface area contributed by atoms with Gasteiger partial charge in [0.2, 0.25) is 0 Å². The van der Waals surface area contributed by atoms with E-state index in [0.29, 0.717) is 0 Å². The molecule has 0 amide bonds. The zero-order chi connectivity index (χ0) is 12.1. The number of aryl methyl sites for hydroxylation is 1. The summed E-state index contributed by atoms with van der Waals surface area (Å²) in [5.74, 6) is 0. The Morgan fingerprint density at radius 1 is 1.41 bits per heavy atom. The predicted molar refractivity (Wildman–Crippen MR) is 67.7 cm³/mol. The van der Waals surface area contributed by atoms with Gasteiger partial charge in [0.1, 0.15) is 0 Å². The van der Waals surface area contributed by atoms with Gasteiger partial charge in [-0.05, 0) is 24.8 Å². The molecule has 2 rings (SSSR count). The topological polar surface area (TPSA) is 53.1 Å². The quantitative estimate of drug-likeness (QED) is 0.810. The highest BCUT2D eigenvalue weighted by Crippen LogP contribution is 2.19. The summed E-state index contributed by atoms with van der Waals surface area (Å²) < 4.78 is 7.75. The number of hydrogen-bond acceptors (Lipinski definition) is 3. The molecule has 2 unspecified atom stereocenters. The molecular weight excluding hydrogens is 214 g/mol. The summed E-state index contributed by atoms with van der Waals surface area (Å²) in [6.07, 6.45) is 11.2. The molecule has 1 aromatic rings. The van der Waals surface area contributed by atoms with Crippen LogP contribution in [0.5, 0.6) is 0 Å². The summed E-state index contributed by atoms with van der Waals surface area (Å²) in [4.78, 5) is 0. The molecule has 0 radical (unpaired) electrons.